The molecule has 0 saturated heterocycles. The minimum absolute atomic E-state index is 0.114. The van der Waals surface area contributed by atoms with Crippen molar-refractivity contribution in [2.24, 2.45) is 0 Å². The van der Waals surface area contributed by atoms with E-state index in [1.54, 1.807) is 0 Å². The van der Waals surface area contributed by atoms with E-state index >= 15 is 0 Å². The third-order valence-electron chi connectivity index (χ3n) is 2.47. The molecule has 0 aliphatic carbocycles. The van der Waals surface area contributed by atoms with E-state index in [2.05, 4.69) is 24.3 Å². The number of hydrogen-bond donors (Lipinski definition) is 1. The van der Waals surface area contributed by atoms with Crippen LogP contribution in [-0.2, 0) is 0 Å². The number of fused-ring (bicyclic) bond motifs is 1. The molecule has 2 aromatic rings. The lowest BCUT2D eigenvalue weighted by molar-refractivity contribution is 0.332. The summed E-state index contributed by atoms with van der Waals surface area (Å²) in [5, 5.41) is 11.5. The van der Waals surface area contributed by atoms with Gasteiger partial charge in [-0.1, -0.05) is 48.5 Å². The Morgan fingerprint density at radius 2 is 1.87 bits per heavy atom. The van der Waals surface area contributed by atoms with Crippen molar-refractivity contribution in [2.45, 2.75) is 6.92 Å². The van der Waals surface area contributed by atoms with E-state index in [9.17, 15) is 0 Å². The van der Waals surface area contributed by atoms with Gasteiger partial charge in [0.05, 0.1) is 6.61 Å². The van der Waals surface area contributed by atoms with Crippen molar-refractivity contribution in [1.29, 1.82) is 0 Å². The Kier molecular flexibility index (Phi) is 2.84. The monoisotopic (exact) mass is 198 g/mol. The van der Waals surface area contributed by atoms with Crippen molar-refractivity contribution in [2.75, 3.05) is 6.61 Å². The first-order valence-electron chi connectivity index (χ1n) is 5.07. The second kappa shape index (κ2) is 4.28. The molecule has 0 atom stereocenters. The maximum Gasteiger partial charge on any atom is 0.0642 e. The Morgan fingerprint density at radius 3 is 2.67 bits per heavy atom. The molecule has 1 nitrogen and oxygen atoms in total. The van der Waals surface area contributed by atoms with E-state index in [0.29, 0.717) is 0 Å². The molecule has 0 unspecified atom stereocenters. The Labute approximate surface area is 89.7 Å². The van der Waals surface area contributed by atoms with Crippen molar-refractivity contribution in [3.8, 4) is 0 Å². The smallest absolute Gasteiger partial charge is 0.0642 e. The molecule has 15 heavy (non-hydrogen) atoms. The number of benzene rings is 2. The second-order valence-electron chi connectivity index (χ2n) is 3.72. The average molecular weight is 198 g/mol. The summed E-state index contributed by atoms with van der Waals surface area (Å²) in [6.45, 7) is 2.05. The molecule has 76 valence electrons. The fraction of sp³-hybridized carbons (Fsp3) is 0.143. The number of rotatable bonds is 2. The summed E-state index contributed by atoms with van der Waals surface area (Å²) in [6.07, 6.45) is 2.03. The fourth-order valence-electron chi connectivity index (χ4n) is 1.69. The Morgan fingerprint density at radius 1 is 1.13 bits per heavy atom. The van der Waals surface area contributed by atoms with Crippen LogP contribution in [0.2, 0.25) is 0 Å². The summed E-state index contributed by atoms with van der Waals surface area (Å²) in [5.74, 6) is 0. The van der Waals surface area contributed by atoms with Gasteiger partial charge in [-0.2, -0.15) is 0 Å². The van der Waals surface area contributed by atoms with Crippen LogP contribution >= 0.6 is 0 Å². The van der Waals surface area contributed by atoms with Gasteiger partial charge in [-0.05, 0) is 28.8 Å². The van der Waals surface area contributed by atoms with Crippen molar-refractivity contribution in [3.05, 3.63) is 53.6 Å². The fourth-order valence-corrected chi connectivity index (χ4v) is 1.69. The van der Waals surface area contributed by atoms with Crippen LogP contribution in [0.5, 0.6) is 0 Å². The molecular formula is C14H14O. The summed E-state index contributed by atoms with van der Waals surface area (Å²) in [4.78, 5) is 0. The molecule has 0 aliphatic rings. The van der Waals surface area contributed by atoms with Crippen molar-refractivity contribution in [1.82, 2.24) is 0 Å². The predicted molar refractivity (Wildman–Crippen MR) is 64.7 cm³/mol. The van der Waals surface area contributed by atoms with Gasteiger partial charge in [0.15, 0.2) is 0 Å². The zero-order valence-corrected chi connectivity index (χ0v) is 8.77. The summed E-state index contributed by atoms with van der Waals surface area (Å²) in [7, 11) is 0. The zero-order valence-electron chi connectivity index (χ0n) is 8.77. The molecule has 1 N–H and O–H groups in total. The lowest BCUT2D eigenvalue weighted by atomic mass is 10.0. The first-order valence-corrected chi connectivity index (χ1v) is 5.07. The highest BCUT2D eigenvalue weighted by Crippen LogP contribution is 2.20. The Hall–Kier alpha value is -1.60. The SMILES string of the molecule is C/C(=C/c1cccc2ccccc12)CO. The molecule has 0 spiro atoms. The summed E-state index contributed by atoms with van der Waals surface area (Å²) >= 11 is 0. The van der Waals surface area contributed by atoms with Gasteiger partial charge in [0.25, 0.3) is 0 Å². The minimum Gasteiger partial charge on any atom is -0.392 e. The maximum absolute atomic E-state index is 9.00. The Bertz CT molecular complexity index is 492. The summed E-state index contributed by atoms with van der Waals surface area (Å²) in [6, 6.07) is 14.5. The van der Waals surface area contributed by atoms with E-state index < -0.39 is 0 Å². The van der Waals surface area contributed by atoms with Gasteiger partial charge in [-0.3, -0.25) is 0 Å². The van der Waals surface area contributed by atoms with E-state index in [1.807, 2.05) is 31.2 Å². The molecule has 0 amide bonds. The lowest BCUT2D eigenvalue weighted by Crippen LogP contribution is -1.84. The largest absolute Gasteiger partial charge is 0.392 e. The van der Waals surface area contributed by atoms with Gasteiger partial charge < -0.3 is 5.11 Å². The molecule has 0 fully saturated rings. The highest BCUT2D eigenvalue weighted by Gasteiger charge is 1.97. The van der Waals surface area contributed by atoms with Crippen LogP contribution in [0.4, 0.5) is 0 Å². The van der Waals surface area contributed by atoms with Crippen LogP contribution in [0.25, 0.3) is 16.8 Å². The zero-order chi connectivity index (χ0) is 10.7. The van der Waals surface area contributed by atoms with Crippen LogP contribution in [-0.4, -0.2) is 11.7 Å². The van der Waals surface area contributed by atoms with Gasteiger partial charge in [-0.15, -0.1) is 0 Å². The number of hydrogen-bond acceptors (Lipinski definition) is 1. The third kappa shape index (κ3) is 2.08. The normalized spacial score (nSPS) is 12.0. The van der Waals surface area contributed by atoms with Crippen molar-refractivity contribution >= 4 is 16.8 Å². The molecule has 0 aliphatic heterocycles. The molecule has 0 saturated carbocycles. The third-order valence-corrected chi connectivity index (χ3v) is 2.47. The second-order valence-corrected chi connectivity index (χ2v) is 3.72. The standard InChI is InChI=1S/C14H14O/c1-11(10-15)9-13-7-4-6-12-5-2-3-8-14(12)13/h2-9,15H,10H2,1H3/b11-9-. The number of aliphatic hydroxyl groups is 1. The van der Waals surface area contributed by atoms with Crippen molar-refractivity contribution < 1.29 is 5.11 Å². The lowest BCUT2D eigenvalue weighted by Gasteiger charge is -2.03. The van der Waals surface area contributed by atoms with Crippen LogP contribution < -0.4 is 0 Å². The highest BCUT2D eigenvalue weighted by atomic mass is 16.3. The molecule has 2 aromatic carbocycles. The molecule has 0 bridgehead atoms. The number of aliphatic hydroxyl groups excluding tert-OH is 1. The highest BCUT2D eigenvalue weighted by molar-refractivity contribution is 5.90. The van der Waals surface area contributed by atoms with Crippen LogP contribution in [0.3, 0.4) is 0 Å². The van der Waals surface area contributed by atoms with Crippen LogP contribution in [0.15, 0.2) is 48.0 Å². The Balaban J connectivity index is 2.61. The van der Waals surface area contributed by atoms with E-state index in [-0.39, 0.29) is 6.61 Å². The molecule has 0 aromatic heterocycles. The summed E-state index contributed by atoms with van der Waals surface area (Å²) in [5.41, 5.74) is 2.14. The van der Waals surface area contributed by atoms with Gasteiger partial charge >= 0.3 is 0 Å². The first-order chi connectivity index (χ1) is 7.31. The molecule has 1 heteroatoms. The van der Waals surface area contributed by atoms with Crippen LogP contribution in [0, 0.1) is 0 Å². The van der Waals surface area contributed by atoms with Crippen molar-refractivity contribution in [3.63, 3.8) is 0 Å². The predicted octanol–water partition coefficient (Wildman–Crippen LogP) is 3.24. The van der Waals surface area contributed by atoms with E-state index in [1.165, 1.54) is 16.3 Å². The topological polar surface area (TPSA) is 20.2 Å². The van der Waals surface area contributed by atoms with E-state index in [4.69, 9.17) is 5.11 Å². The summed E-state index contributed by atoms with van der Waals surface area (Å²) < 4.78 is 0. The minimum atomic E-state index is 0.114. The quantitative estimate of drug-likeness (QED) is 0.785. The first kappa shape index (κ1) is 9.94. The molecular weight excluding hydrogens is 184 g/mol. The van der Waals surface area contributed by atoms with Gasteiger partial charge in [-0.25, -0.2) is 0 Å². The van der Waals surface area contributed by atoms with Gasteiger partial charge in [0.2, 0.25) is 0 Å². The molecule has 0 radical (unpaired) electrons. The van der Waals surface area contributed by atoms with Gasteiger partial charge in [0, 0.05) is 0 Å². The van der Waals surface area contributed by atoms with Gasteiger partial charge in [0.1, 0.15) is 0 Å². The molecule has 2 rings (SSSR count). The maximum atomic E-state index is 9.00. The van der Waals surface area contributed by atoms with Crippen LogP contribution in [0.1, 0.15) is 12.5 Å². The molecule has 0 heterocycles. The van der Waals surface area contributed by atoms with E-state index in [0.717, 1.165) is 5.57 Å². The average Bonchev–Trinajstić information content (AvgIpc) is 2.29.